The maximum absolute atomic E-state index is 12.6. The van der Waals surface area contributed by atoms with Gasteiger partial charge in [0.15, 0.2) is 17.3 Å². The summed E-state index contributed by atoms with van der Waals surface area (Å²) in [6.07, 6.45) is 0. The fourth-order valence-corrected chi connectivity index (χ4v) is 4.72. The van der Waals surface area contributed by atoms with Crippen molar-refractivity contribution in [2.45, 2.75) is 5.41 Å². The third-order valence-electron chi connectivity index (χ3n) is 5.50. The molecule has 3 aliphatic heterocycles. The molecule has 2 aromatic carbocycles. The van der Waals surface area contributed by atoms with Gasteiger partial charge in [-0.15, -0.1) is 0 Å². The summed E-state index contributed by atoms with van der Waals surface area (Å²) in [6, 6.07) is 9.90. The Labute approximate surface area is 160 Å². The van der Waals surface area contributed by atoms with Crippen LogP contribution in [0.2, 0.25) is 0 Å². The first kappa shape index (κ1) is 16.0. The smallest absolute Gasteiger partial charge is 0.173 e. The molecule has 26 heavy (non-hydrogen) atoms. The van der Waals surface area contributed by atoms with Gasteiger partial charge in [-0.3, -0.25) is 4.79 Å². The highest BCUT2D eigenvalue weighted by Crippen LogP contribution is 2.54. The van der Waals surface area contributed by atoms with Gasteiger partial charge in [-0.25, -0.2) is 0 Å². The Morgan fingerprint density at radius 3 is 2.69 bits per heavy atom. The minimum Gasteiger partial charge on any atom is -0.492 e. The van der Waals surface area contributed by atoms with Crippen molar-refractivity contribution in [2.24, 2.45) is 0 Å². The summed E-state index contributed by atoms with van der Waals surface area (Å²) in [5.74, 6) is 2.38. The largest absolute Gasteiger partial charge is 0.492 e. The number of halogens is 1. The molecule has 5 rings (SSSR count). The normalized spacial score (nSPS) is 22.2. The number of alkyl halides is 1. The van der Waals surface area contributed by atoms with Crippen molar-refractivity contribution in [3.05, 3.63) is 47.0 Å². The maximum atomic E-state index is 12.6. The van der Waals surface area contributed by atoms with Gasteiger partial charge in [0.05, 0.1) is 10.7 Å². The number of ether oxygens (including phenoxy) is 3. The number of carbonyl (C=O) groups is 1. The number of fused-ring (bicyclic) bond motifs is 5. The highest BCUT2D eigenvalue weighted by molar-refractivity contribution is 9.09. The molecule has 0 saturated carbocycles. The number of carbonyl (C=O) groups excluding carboxylic acids is 1. The number of nitrogens with zero attached hydrogens (tertiary/aromatic N) is 1. The van der Waals surface area contributed by atoms with Crippen LogP contribution in [0.5, 0.6) is 17.2 Å². The predicted octanol–water partition coefficient (Wildman–Crippen LogP) is 3.16. The summed E-state index contributed by atoms with van der Waals surface area (Å²) < 4.78 is 17.6. The van der Waals surface area contributed by atoms with Crippen molar-refractivity contribution in [1.29, 1.82) is 0 Å². The molecule has 0 bridgehead atoms. The lowest BCUT2D eigenvalue weighted by molar-refractivity contribution is 0.102. The van der Waals surface area contributed by atoms with Crippen LogP contribution in [0, 0.1) is 0 Å². The molecule has 0 fully saturated rings. The SMILES string of the molecule is CN1CC2(COc3cc4c(cc32)OCCO4)c2c(C(=O)CBr)cccc21. The lowest BCUT2D eigenvalue weighted by Gasteiger charge is -2.26. The summed E-state index contributed by atoms with van der Waals surface area (Å²) in [6.45, 7) is 2.37. The van der Waals surface area contributed by atoms with Gasteiger partial charge in [-0.1, -0.05) is 28.1 Å². The van der Waals surface area contributed by atoms with Crippen molar-refractivity contribution in [3.63, 3.8) is 0 Å². The number of hydrogen-bond acceptors (Lipinski definition) is 5. The highest BCUT2D eigenvalue weighted by atomic mass is 79.9. The first-order chi connectivity index (χ1) is 12.6. The first-order valence-corrected chi connectivity index (χ1v) is 9.77. The number of hydrogen-bond donors (Lipinski definition) is 0. The van der Waals surface area contributed by atoms with Crippen molar-refractivity contribution >= 4 is 27.4 Å². The summed E-state index contributed by atoms with van der Waals surface area (Å²) >= 11 is 3.32. The fraction of sp³-hybridized carbons (Fsp3) is 0.350. The molecule has 1 atom stereocenters. The molecule has 6 heteroatoms. The molecular formula is C20H18BrNO4. The molecule has 0 aromatic heterocycles. The van der Waals surface area contributed by atoms with Gasteiger partial charge in [-0.05, 0) is 12.1 Å². The Morgan fingerprint density at radius 2 is 1.92 bits per heavy atom. The van der Waals surface area contributed by atoms with Gasteiger partial charge < -0.3 is 19.1 Å². The average Bonchev–Trinajstić information content (AvgIpc) is 3.17. The van der Waals surface area contributed by atoms with Crippen LogP contribution in [0.4, 0.5) is 5.69 Å². The van der Waals surface area contributed by atoms with Crippen LogP contribution >= 0.6 is 15.9 Å². The van der Waals surface area contributed by atoms with Crippen LogP contribution in [-0.4, -0.2) is 44.5 Å². The standard InChI is InChI=1S/C20H18BrNO4/c1-22-10-20(19-12(15(23)9-21)3-2-4-14(19)22)11-26-16-8-18-17(7-13(16)20)24-5-6-25-18/h2-4,7-8H,5-6,9-11H2,1H3. The number of Topliss-reactive ketones (excluding diaryl/α,β-unsaturated/α-hetero) is 1. The van der Waals surface area contributed by atoms with Gasteiger partial charge in [0, 0.05) is 42.0 Å². The van der Waals surface area contributed by atoms with Crippen molar-refractivity contribution in [1.82, 2.24) is 0 Å². The van der Waals surface area contributed by atoms with Crippen LogP contribution in [0.15, 0.2) is 30.3 Å². The second-order valence-electron chi connectivity index (χ2n) is 6.98. The van der Waals surface area contributed by atoms with E-state index in [1.54, 1.807) is 0 Å². The van der Waals surface area contributed by atoms with Crippen LogP contribution in [0.3, 0.4) is 0 Å². The molecule has 3 aliphatic rings. The van der Waals surface area contributed by atoms with Crippen LogP contribution in [0.1, 0.15) is 21.5 Å². The zero-order valence-electron chi connectivity index (χ0n) is 14.4. The van der Waals surface area contributed by atoms with E-state index in [0.29, 0.717) is 25.2 Å². The second kappa shape index (κ2) is 5.64. The summed E-state index contributed by atoms with van der Waals surface area (Å²) in [5, 5.41) is 0.304. The molecule has 0 N–H and O–H groups in total. The second-order valence-corrected chi connectivity index (χ2v) is 7.54. The van der Waals surface area contributed by atoms with Crippen LogP contribution in [-0.2, 0) is 5.41 Å². The Balaban J connectivity index is 1.74. The molecule has 0 amide bonds. The number of benzene rings is 2. The first-order valence-electron chi connectivity index (χ1n) is 8.65. The van der Waals surface area contributed by atoms with E-state index in [1.165, 1.54) is 0 Å². The van der Waals surface area contributed by atoms with Crippen LogP contribution in [0.25, 0.3) is 0 Å². The van der Waals surface area contributed by atoms with Crippen LogP contribution < -0.4 is 19.1 Å². The average molecular weight is 416 g/mol. The van der Waals surface area contributed by atoms with E-state index in [-0.39, 0.29) is 11.2 Å². The molecular weight excluding hydrogens is 398 g/mol. The summed E-state index contributed by atoms with van der Waals surface area (Å²) in [7, 11) is 2.06. The molecule has 2 aromatic rings. The maximum Gasteiger partial charge on any atom is 0.173 e. The summed E-state index contributed by atoms with van der Waals surface area (Å²) in [4.78, 5) is 14.8. The van der Waals surface area contributed by atoms with Gasteiger partial charge >= 0.3 is 0 Å². The fourth-order valence-electron chi connectivity index (χ4n) is 4.41. The van der Waals surface area contributed by atoms with Gasteiger partial charge in [0.2, 0.25) is 0 Å². The lowest BCUT2D eigenvalue weighted by atomic mass is 9.75. The van der Waals surface area contributed by atoms with Crippen molar-refractivity contribution < 1.29 is 19.0 Å². The molecule has 3 heterocycles. The Kier molecular flexibility index (Phi) is 3.47. The Bertz CT molecular complexity index is 928. The van der Waals surface area contributed by atoms with Gasteiger partial charge in [0.1, 0.15) is 25.6 Å². The molecule has 0 saturated heterocycles. The molecule has 1 unspecified atom stereocenters. The van der Waals surface area contributed by atoms with Gasteiger partial charge in [0.25, 0.3) is 0 Å². The monoisotopic (exact) mass is 415 g/mol. The Hall–Kier alpha value is -2.21. The van der Waals surface area contributed by atoms with E-state index in [0.717, 1.165) is 46.2 Å². The third kappa shape index (κ3) is 2.05. The highest BCUT2D eigenvalue weighted by Gasteiger charge is 2.51. The zero-order valence-corrected chi connectivity index (χ0v) is 16.0. The number of anilines is 1. The number of rotatable bonds is 2. The molecule has 5 nitrogen and oxygen atoms in total. The quantitative estimate of drug-likeness (QED) is 0.556. The molecule has 0 aliphatic carbocycles. The van der Waals surface area contributed by atoms with E-state index < -0.39 is 0 Å². The van der Waals surface area contributed by atoms with E-state index in [2.05, 4.69) is 33.9 Å². The molecule has 134 valence electrons. The van der Waals surface area contributed by atoms with E-state index in [4.69, 9.17) is 14.2 Å². The number of ketones is 1. The topological polar surface area (TPSA) is 48.0 Å². The lowest BCUT2D eigenvalue weighted by Crippen LogP contribution is -2.35. The van der Waals surface area contributed by atoms with E-state index in [1.807, 2.05) is 24.3 Å². The minimum atomic E-state index is -0.371. The van der Waals surface area contributed by atoms with E-state index >= 15 is 0 Å². The minimum absolute atomic E-state index is 0.0857. The van der Waals surface area contributed by atoms with Gasteiger partial charge in [-0.2, -0.15) is 0 Å². The van der Waals surface area contributed by atoms with E-state index in [9.17, 15) is 4.79 Å². The van der Waals surface area contributed by atoms with Crippen molar-refractivity contribution in [3.8, 4) is 17.2 Å². The predicted molar refractivity (Wildman–Crippen MR) is 102 cm³/mol. The molecule has 0 radical (unpaired) electrons. The number of likely N-dealkylation sites (N-methyl/N-ethyl adjacent to an activating group) is 1. The Morgan fingerprint density at radius 1 is 1.15 bits per heavy atom. The van der Waals surface area contributed by atoms with Crippen molar-refractivity contribution in [2.75, 3.05) is 43.6 Å². The molecule has 1 spiro atoms. The third-order valence-corrected chi connectivity index (χ3v) is 6.00. The zero-order chi connectivity index (χ0) is 17.9. The summed E-state index contributed by atoms with van der Waals surface area (Å²) in [5.41, 5.74) is 3.60.